The molecule has 0 fully saturated rings. The van der Waals surface area contributed by atoms with E-state index in [1.54, 1.807) is 0 Å². The van der Waals surface area contributed by atoms with Crippen molar-refractivity contribution in [3.63, 3.8) is 0 Å². The lowest BCUT2D eigenvalue weighted by atomic mass is 9.94. The maximum absolute atomic E-state index is 10.5. The fourth-order valence-electron chi connectivity index (χ4n) is 1.77. The van der Waals surface area contributed by atoms with E-state index in [-0.39, 0.29) is 12.3 Å². The summed E-state index contributed by atoms with van der Waals surface area (Å²) in [6.07, 6.45) is 0.997. The highest BCUT2D eigenvalue weighted by atomic mass is 16.5. The van der Waals surface area contributed by atoms with E-state index in [4.69, 9.17) is 9.84 Å². The molecule has 1 heterocycles. The van der Waals surface area contributed by atoms with Crippen molar-refractivity contribution in [2.45, 2.75) is 12.8 Å². The Bertz CT molecular complexity index is 346. The van der Waals surface area contributed by atoms with E-state index in [0.717, 1.165) is 17.7 Å². The average Bonchev–Trinajstić information content (AvgIpc) is 2.17. The number of hydrogen-bond acceptors (Lipinski definition) is 2. The molecule has 0 bridgehead atoms. The summed E-state index contributed by atoms with van der Waals surface area (Å²) in [7, 11) is 0. The first kappa shape index (κ1) is 9.06. The van der Waals surface area contributed by atoms with E-state index < -0.39 is 5.97 Å². The molecule has 74 valence electrons. The van der Waals surface area contributed by atoms with Gasteiger partial charge in [-0.2, -0.15) is 0 Å². The lowest BCUT2D eigenvalue weighted by molar-refractivity contribution is -0.138. The lowest BCUT2D eigenvalue weighted by Crippen LogP contribution is -2.23. The largest absolute Gasteiger partial charge is 0.493 e. The van der Waals surface area contributed by atoms with Crippen molar-refractivity contribution < 1.29 is 14.6 Å². The van der Waals surface area contributed by atoms with Crippen LogP contribution in [0.4, 0.5) is 0 Å². The summed E-state index contributed by atoms with van der Waals surface area (Å²) in [5, 5.41) is 8.66. The molecule has 1 aromatic carbocycles. The number of carboxylic acid groups (broad SMARTS) is 1. The molecule has 14 heavy (non-hydrogen) atoms. The molecule has 0 aromatic heterocycles. The number of benzene rings is 1. The summed E-state index contributed by atoms with van der Waals surface area (Å²) in [5.41, 5.74) is 1.12. The third-order valence-electron chi connectivity index (χ3n) is 2.42. The van der Waals surface area contributed by atoms with Crippen LogP contribution in [0.3, 0.4) is 0 Å². The monoisotopic (exact) mass is 192 g/mol. The number of rotatable bonds is 2. The van der Waals surface area contributed by atoms with E-state index >= 15 is 0 Å². The number of ether oxygens (including phenoxy) is 1. The normalized spacial score (nSPS) is 19.6. The third kappa shape index (κ3) is 1.87. The van der Waals surface area contributed by atoms with Gasteiger partial charge in [-0.1, -0.05) is 18.2 Å². The van der Waals surface area contributed by atoms with Crippen molar-refractivity contribution in [1.82, 2.24) is 0 Å². The smallest absolute Gasteiger partial charge is 0.303 e. The Morgan fingerprint density at radius 1 is 1.50 bits per heavy atom. The van der Waals surface area contributed by atoms with Gasteiger partial charge in [-0.25, -0.2) is 0 Å². The van der Waals surface area contributed by atoms with E-state index in [2.05, 4.69) is 0 Å². The second-order valence-corrected chi connectivity index (χ2v) is 3.59. The number of carboxylic acids is 1. The Hall–Kier alpha value is -1.51. The fourth-order valence-corrected chi connectivity index (χ4v) is 1.77. The summed E-state index contributed by atoms with van der Waals surface area (Å²) in [5.74, 6) is 0.259. The maximum atomic E-state index is 10.5. The molecule has 2 rings (SSSR count). The zero-order valence-corrected chi connectivity index (χ0v) is 7.77. The van der Waals surface area contributed by atoms with Crippen molar-refractivity contribution in [2.24, 2.45) is 5.92 Å². The second-order valence-electron chi connectivity index (χ2n) is 3.59. The Labute approximate surface area is 82.3 Å². The average molecular weight is 192 g/mol. The molecule has 1 atom stereocenters. The first-order valence-corrected chi connectivity index (χ1v) is 4.68. The van der Waals surface area contributed by atoms with Gasteiger partial charge in [0, 0.05) is 5.92 Å². The standard InChI is InChI=1S/C11H12O3/c12-11(13)6-8-5-9-3-1-2-4-10(9)14-7-8/h1-4,8H,5-7H2,(H,12,13). The summed E-state index contributed by atoms with van der Waals surface area (Å²) in [6.45, 7) is 0.517. The van der Waals surface area contributed by atoms with Crippen molar-refractivity contribution in [1.29, 1.82) is 0 Å². The zero-order chi connectivity index (χ0) is 9.97. The van der Waals surface area contributed by atoms with E-state index in [1.165, 1.54) is 0 Å². The van der Waals surface area contributed by atoms with Gasteiger partial charge in [0.25, 0.3) is 0 Å². The number of aliphatic carboxylic acids is 1. The number of para-hydroxylation sites is 1. The summed E-state index contributed by atoms with van der Waals surface area (Å²) in [6, 6.07) is 7.79. The fraction of sp³-hybridized carbons (Fsp3) is 0.364. The van der Waals surface area contributed by atoms with Crippen LogP contribution in [0.1, 0.15) is 12.0 Å². The van der Waals surface area contributed by atoms with Gasteiger partial charge in [-0.15, -0.1) is 0 Å². The summed E-state index contributed by atoms with van der Waals surface area (Å²) in [4.78, 5) is 10.5. The van der Waals surface area contributed by atoms with E-state index in [9.17, 15) is 4.79 Å². The minimum atomic E-state index is -0.752. The van der Waals surface area contributed by atoms with Gasteiger partial charge >= 0.3 is 5.97 Å². The number of hydrogen-bond donors (Lipinski definition) is 1. The first-order valence-electron chi connectivity index (χ1n) is 4.68. The Balaban J connectivity index is 2.09. The van der Waals surface area contributed by atoms with Crippen LogP contribution in [0.25, 0.3) is 0 Å². The molecule has 1 N–H and O–H groups in total. The van der Waals surface area contributed by atoms with Crippen LogP contribution >= 0.6 is 0 Å². The van der Waals surface area contributed by atoms with Crippen LogP contribution in [-0.2, 0) is 11.2 Å². The quantitative estimate of drug-likeness (QED) is 0.775. The SMILES string of the molecule is O=C(O)CC1COc2ccccc2C1. The molecule has 3 heteroatoms. The topological polar surface area (TPSA) is 46.5 Å². The van der Waals surface area contributed by atoms with Gasteiger partial charge in [0.2, 0.25) is 0 Å². The first-order chi connectivity index (χ1) is 6.75. The zero-order valence-electron chi connectivity index (χ0n) is 7.77. The molecular weight excluding hydrogens is 180 g/mol. The molecule has 0 saturated heterocycles. The van der Waals surface area contributed by atoms with Crippen LogP contribution in [0.5, 0.6) is 5.75 Å². The molecule has 1 aromatic rings. The molecule has 3 nitrogen and oxygen atoms in total. The van der Waals surface area contributed by atoms with Crippen LogP contribution in [0.15, 0.2) is 24.3 Å². The molecule has 0 saturated carbocycles. The molecule has 0 radical (unpaired) electrons. The van der Waals surface area contributed by atoms with Crippen LogP contribution < -0.4 is 4.74 Å². The van der Waals surface area contributed by atoms with E-state index in [0.29, 0.717) is 6.61 Å². The number of carbonyl (C=O) groups is 1. The van der Waals surface area contributed by atoms with Gasteiger partial charge < -0.3 is 9.84 Å². The Morgan fingerprint density at radius 3 is 3.07 bits per heavy atom. The van der Waals surface area contributed by atoms with Crippen molar-refractivity contribution >= 4 is 5.97 Å². The van der Waals surface area contributed by atoms with Crippen molar-refractivity contribution in [3.05, 3.63) is 29.8 Å². The highest BCUT2D eigenvalue weighted by Gasteiger charge is 2.21. The Morgan fingerprint density at radius 2 is 2.29 bits per heavy atom. The number of fused-ring (bicyclic) bond motifs is 1. The predicted octanol–water partition coefficient (Wildman–Crippen LogP) is 1.71. The van der Waals surface area contributed by atoms with Gasteiger partial charge in [-0.3, -0.25) is 4.79 Å². The maximum Gasteiger partial charge on any atom is 0.303 e. The molecule has 1 aliphatic rings. The van der Waals surface area contributed by atoms with Crippen molar-refractivity contribution in [2.75, 3.05) is 6.61 Å². The molecule has 0 spiro atoms. The molecule has 0 amide bonds. The van der Waals surface area contributed by atoms with Crippen molar-refractivity contribution in [3.8, 4) is 5.75 Å². The lowest BCUT2D eigenvalue weighted by Gasteiger charge is -2.23. The molecule has 0 aliphatic carbocycles. The van der Waals surface area contributed by atoms with Crippen LogP contribution in [0, 0.1) is 5.92 Å². The minimum Gasteiger partial charge on any atom is -0.493 e. The second kappa shape index (κ2) is 3.70. The third-order valence-corrected chi connectivity index (χ3v) is 2.42. The molecular formula is C11H12O3. The molecule has 1 aliphatic heterocycles. The van der Waals surface area contributed by atoms with Gasteiger partial charge in [0.05, 0.1) is 13.0 Å². The van der Waals surface area contributed by atoms with E-state index in [1.807, 2.05) is 24.3 Å². The van der Waals surface area contributed by atoms with Gasteiger partial charge in [0.1, 0.15) is 5.75 Å². The Kier molecular flexibility index (Phi) is 2.39. The van der Waals surface area contributed by atoms with Crippen LogP contribution in [0.2, 0.25) is 0 Å². The summed E-state index contributed by atoms with van der Waals surface area (Å²) >= 11 is 0. The minimum absolute atomic E-state index is 0.113. The van der Waals surface area contributed by atoms with Crippen LogP contribution in [-0.4, -0.2) is 17.7 Å². The predicted molar refractivity (Wildman–Crippen MR) is 51.4 cm³/mol. The molecule has 1 unspecified atom stereocenters. The highest BCUT2D eigenvalue weighted by molar-refractivity contribution is 5.67. The highest BCUT2D eigenvalue weighted by Crippen LogP contribution is 2.27. The van der Waals surface area contributed by atoms with Gasteiger partial charge in [0.15, 0.2) is 0 Å². The summed E-state index contributed by atoms with van der Waals surface area (Å²) < 4.78 is 5.47. The van der Waals surface area contributed by atoms with Gasteiger partial charge in [-0.05, 0) is 18.1 Å².